The maximum atomic E-state index is 14.9. The number of nitrogens with one attached hydrogen (secondary N) is 3. The lowest BCUT2D eigenvalue weighted by Crippen LogP contribution is -2.59. The highest BCUT2D eigenvalue weighted by Gasteiger charge is 2.52. The number of carbonyl (C=O) groups is 1. The summed E-state index contributed by atoms with van der Waals surface area (Å²) in [5, 5.41) is 18.1. The summed E-state index contributed by atoms with van der Waals surface area (Å²) in [5.74, 6) is -0.649. The lowest BCUT2D eigenvalue weighted by molar-refractivity contribution is -0.129. The van der Waals surface area contributed by atoms with E-state index < -0.39 is 23.6 Å². The number of alkyl halides is 1. The van der Waals surface area contributed by atoms with Crippen LogP contribution in [0.2, 0.25) is 0 Å². The van der Waals surface area contributed by atoms with Crippen LogP contribution in [-0.2, 0) is 10.3 Å². The number of rotatable bonds is 6. The van der Waals surface area contributed by atoms with E-state index in [0.717, 1.165) is 0 Å². The Kier molecular flexibility index (Phi) is 5.98. The van der Waals surface area contributed by atoms with Crippen molar-refractivity contribution in [1.29, 1.82) is 5.26 Å². The van der Waals surface area contributed by atoms with E-state index in [1.807, 2.05) is 24.8 Å². The number of nitriles is 1. The minimum absolute atomic E-state index is 0.226. The number of anilines is 3. The highest BCUT2D eigenvalue weighted by Crippen LogP contribution is 2.47. The first-order valence-electron chi connectivity index (χ1n) is 10.8. The van der Waals surface area contributed by atoms with E-state index in [9.17, 15) is 13.6 Å². The molecule has 0 spiro atoms. The Bertz CT molecular complexity index is 1050. The summed E-state index contributed by atoms with van der Waals surface area (Å²) in [5.41, 5.74) is 1.51. The molecule has 9 heteroatoms. The third-order valence-electron chi connectivity index (χ3n) is 6.34. The molecular weight excluding hydrogens is 414 g/mol. The smallest absolute Gasteiger partial charge is 0.249 e. The SMILES string of the molecule is CCNc1cc(F)cc2c1NC(=O)C2(CC)N1CCC(F)[C@@H](Nc2ccc(C#N)nc2)C1. The summed E-state index contributed by atoms with van der Waals surface area (Å²) >= 11 is 0. The Labute approximate surface area is 185 Å². The molecule has 0 aliphatic carbocycles. The second-order valence-corrected chi connectivity index (χ2v) is 8.12. The van der Waals surface area contributed by atoms with Crippen molar-refractivity contribution < 1.29 is 13.6 Å². The number of carbonyl (C=O) groups excluding carboxylic acids is 1. The molecule has 1 aromatic carbocycles. The van der Waals surface area contributed by atoms with Gasteiger partial charge in [0.25, 0.3) is 0 Å². The normalized spacial score (nSPS) is 25.0. The molecular formula is C23H26F2N6O. The molecule has 32 heavy (non-hydrogen) atoms. The van der Waals surface area contributed by atoms with E-state index in [0.29, 0.717) is 42.1 Å². The van der Waals surface area contributed by atoms with Crippen LogP contribution in [0.4, 0.5) is 25.8 Å². The fraction of sp³-hybridized carbons (Fsp3) is 0.435. The van der Waals surface area contributed by atoms with Crippen molar-refractivity contribution in [2.45, 2.75) is 44.4 Å². The minimum Gasteiger partial charge on any atom is -0.384 e. The average Bonchev–Trinajstić information content (AvgIpc) is 3.08. The van der Waals surface area contributed by atoms with Gasteiger partial charge in [-0.1, -0.05) is 6.92 Å². The van der Waals surface area contributed by atoms with E-state index in [4.69, 9.17) is 5.26 Å². The van der Waals surface area contributed by atoms with E-state index >= 15 is 0 Å². The number of fused-ring (bicyclic) bond motifs is 1. The van der Waals surface area contributed by atoms with Gasteiger partial charge in [-0.2, -0.15) is 5.26 Å². The van der Waals surface area contributed by atoms with Crippen LogP contribution in [0.15, 0.2) is 30.5 Å². The number of halogens is 2. The van der Waals surface area contributed by atoms with Crippen LogP contribution in [-0.4, -0.2) is 47.6 Å². The number of piperidine rings is 1. The van der Waals surface area contributed by atoms with Crippen molar-refractivity contribution in [1.82, 2.24) is 9.88 Å². The number of hydrogen-bond donors (Lipinski definition) is 3. The van der Waals surface area contributed by atoms with Crippen LogP contribution in [0, 0.1) is 17.1 Å². The number of pyridine rings is 1. The maximum Gasteiger partial charge on any atom is 0.249 e. The van der Waals surface area contributed by atoms with Crippen molar-refractivity contribution in [2.75, 3.05) is 35.6 Å². The fourth-order valence-corrected chi connectivity index (χ4v) is 4.79. The standard InChI is InChI=1S/C23H26F2N6O/c1-3-23(17-9-14(24)10-19(27-4-2)21(17)30-22(23)32)31-8-7-18(25)20(13-31)29-16-6-5-15(11-26)28-12-16/h5-6,9-10,12,18,20,27,29H,3-4,7-8,13H2,1-2H3,(H,30,32)/t18?,20-,23?/m0/s1. The van der Waals surface area contributed by atoms with Gasteiger partial charge in [-0.3, -0.25) is 9.69 Å². The van der Waals surface area contributed by atoms with Crippen molar-refractivity contribution in [3.05, 3.63) is 47.5 Å². The molecule has 1 saturated heterocycles. The lowest BCUT2D eigenvalue weighted by Gasteiger charge is -2.45. The van der Waals surface area contributed by atoms with Crippen molar-refractivity contribution >= 4 is 23.0 Å². The molecule has 1 amide bonds. The molecule has 3 heterocycles. The zero-order chi connectivity index (χ0) is 22.9. The van der Waals surface area contributed by atoms with Gasteiger partial charge in [-0.15, -0.1) is 0 Å². The zero-order valence-corrected chi connectivity index (χ0v) is 18.1. The maximum absolute atomic E-state index is 14.9. The number of nitrogens with zero attached hydrogens (tertiary/aromatic N) is 3. The topological polar surface area (TPSA) is 93.1 Å². The molecule has 168 valence electrons. The first-order valence-corrected chi connectivity index (χ1v) is 10.8. The van der Waals surface area contributed by atoms with Gasteiger partial charge in [0.1, 0.15) is 29.3 Å². The highest BCUT2D eigenvalue weighted by atomic mass is 19.1. The number of amides is 1. The molecule has 0 radical (unpaired) electrons. The average molecular weight is 440 g/mol. The Balaban J connectivity index is 1.66. The minimum atomic E-state index is -1.12. The lowest BCUT2D eigenvalue weighted by atomic mass is 9.83. The third kappa shape index (κ3) is 3.65. The second-order valence-electron chi connectivity index (χ2n) is 8.12. The monoisotopic (exact) mass is 440 g/mol. The zero-order valence-electron chi connectivity index (χ0n) is 18.1. The van der Waals surface area contributed by atoms with E-state index in [-0.39, 0.29) is 24.6 Å². The van der Waals surface area contributed by atoms with E-state index in [1.165, 1.54) is 18.3 Å². The van der Waals surface area contributed by atoms with Crippen molar-refractivity contribution in [2.24, 2.45) is 0 Å². The number of benzene rings is 1. The first-order chi connectivity index (χ1) is 15.4. The summed E-state index contributed by atoms with van der Waals surface area (Å²) in [6, 6.07) is 7.41. The molecule has 2 unspecified atom stereocenters. The van der Waals surface area contributed by atoms with Gasteiger partial charge in [0, 0.05) is 25.2 Å². The summed E-state index contributed by atoms with van der Waals surface area (Å²) in [7, 11) is 0. The Morgan fingerprint density at radius 3 is 2.84 bits per heavy atom. The van der Waals surface area contributed by atoms with Gasteiger partial charge >= 0.3 is 0 Å². The summed E-state index contributed by atoms with van der Waals surface area (Å²) in [4.78, 5) is 19.3. The van der Waals surface area contributed by atoms with Gasteiger partial charge in [0.2, 0.25) is 5.91 Å². The van der Waals surface area contributed by atoms with E-state index in [2.05, 4.69) is 20.9 Å². The van der Waals surface area contributed by atoms with Crippen LogP contribution < -0.4 is 16.0 Å². The summed E-state index contributed by atoms with van der Waals surface area (Å²) in [6.07, 6.45) is 1.03. The second kappa shape index (κ2) is 8.71. The molecule has 2 aliphatic heterocycles. The predicted octanol–water partition coefficient (Wildman–Crippen LogP) is 3.61. The third-order valence-corrected chi connectivity index (χ3v) is 6.34. The van der Waals surface area contributed by atoms with Crippen LogP contribution in [0.3, 0.4) is 0 Å². The van der Waals surface area contributed by atoms with Crippen LogP contribution in [0.25, 0.3) is 0 Å². The first kappa shape index (κ1) is 22.0. The summed E-state index contributed by atoms with van der Waals surface area (Å²) < 4.78 is 29.4. The largest absolute Gasteiger partial charge is 0.384 e. The quantitative estimate of drug-likeness (QED) is 0.636. The number of likely N-dealkylation sites (tertiary alicyclic amines) is 1. The number of hydrogen-bond acceptors (Lipinski definition) is 6. The van der Waals surface area contributed by atoms with E-state index in [1.54, 1.807) is 12.1 Å². The van der Waals surface area contributed by atoms with Crippen LogP contribution >= 0.6 is 0 Å². The number of aromatic nitrogens is 1. The molecule has 2 aromatic rings. The summed E-state index contributed by atoms with van der Waals surface area (Å²) in [6.45, 7) is 5.01. The van der Waals surface area contributed by atoms with Gasteiger partial charge in [0.15, 0.2) is 0 Å². The molecule has 7 nitrogen and oxygen atoms in total. The van der Waals surface area contributed by atoms with Crippen molar-refractivity contribution in [3.63, 3.8) is 0 Å². The highest BCUT2D eigenvalue weighted by molar-refractivity contribution is 6.08. The van der Waals surface area contributed by atoms with Gasteiger partial charge in [-0.25, -0.2) is 13.8 Å². The molecule has 1 fully saturated rings. The van der Waals surface area contributed by atoms with Crippen LogP contribution in [0.1, 0.15) is 37.9 Å². The molecule has 3 atom stereocenters. The van der Waals surface area contributed by atoms with Gasteiger partial charge in [-0.05, 0) is 44.0 Å². The molecule has 2 aliphatic rings. The van der Waals surface area contributed by atoms with Gasteiger partial charge in [0.05, 0.1) is 29.3 Å². The molecule has 3 N–H and O–H groups in total. The van der Waals surface area contributed by atoms with Crippen LogP contribution in [0.5, 0.6) is 0 Å². The van der Waals surface area contributed by atoms with Crippen molar-refractivity contribution in [3.8, 4) is 6.07 Å². The Hall–Kier alpha value is -3.25. The molecule has 1 aromatic heterocycles. The molecule has 0 saturated carbocycles. The fourth-order valence-electron chi connectivity index (χ4n) is 4.79. The molecule has 4 rings (SSSR count). The van der Waals surface area contributed by atoms with Gasteiger partial charge < -0.3 is 16.0 Å². The predicted molar refractivity (Wildman–Crippen MR) is 119 cm³/mol. The Morgan fingerprint density at radius 1 is 1.38 bits per heavy atom. The Morgan fingerprint density at radius 2 is 2.19 bits per heavy atom. The molecule has 0 bridgehead atoms.